The van der Waals surface area contributed by atoms with Crippen LogP contribution in [0.3, 0.4) is 0 Å². The molecule has 0 spiro atoms. The molecule has 6 heteroatoms. The fraction of sp³-hybridized carbons (Fsp3) is 0.480. The zero-order valence-corrected chi connectivity index (χ0v) is 20.7. The molecular weight excluding hydrogens is 406 g/mol. The highest BCUT2D eigenvalue weighted by Gasteiger charge is 2.38. The number of rotatable bonds is 11. The predicted molar refractivity (Wildman–Crippen MR) is 127 cm³/mol. The van der Waals surface area contributed by atoms with E-state index in [9.17, 15) is 4.79 Å². The van der Waals surface area contributed by atoms with Crippen LogP contribution in [0, 0.1) is 0 Å². The summed E-state index contributed by atoms with van der Waals surface area (Å²) >= 11 is 0. The predicted octanol–water partition coefficient (Wildman–Crippen LogP) is 5.64. The number of hydrogen-bond donors (Lipinski definition) is 1. The van der Waals surface area contributed by atoms with Crippen molar-refractivity contribution in [3.05, 3.63) is 71.8 Å². The minimum atomic E-state index is -1.96. The zero-order valence-electron chi connectivity index (χ0n) is 19.7. The van der Waals surface area contributed by atoms with Gasteiger partial charge in [-0.15, -0.1) is 0 Å². The maximum atomic E-state index is 11.7. The van der Waals surface area contributed by atoms with E-state index in [-0.39, 0.29) is 23.5 Å². The van der Waals surface area contributed by atoms with Gasteiger partial charge in [0.25, 0.3) is 0 Å². The monoisotopic (exact) mass is 443 g/mol. The molecule has 31 heavy (non-hydrogen) atoms. The number of nitrogens with one attached hydrogen (secondary N) is 1. The quantitative estimate of drug-likeness (QED) is 0.277. The van der Waals surface area contributed by atoms with Gasteiger partial charge < -0.3 is 9.74 Å². The van der Waals surface area contributed by atoms with Gasteiger partial charge in [-0.25, -0.2) is 4.79 Å². The summed E-state index contributed by atoms with van der Waals surface area (Å²) in [6.07, 6.45) is -0.153. The van der Waals surface area contributed by atoms with Crippen molar-refractivity contribution >= 4 is 14.3 Å². The Kier molecular flexibility index (Phi) is 9.44. The Labute approximate surface area is 188 Å². The summed E-state index contributed by atoms with van der Waals surface area (Å²) in [5, 5.41) is 3.67. The van der Waals surface area contributed by atoms with E-state index in [1.54, 1.807) is 6.92 Å². The Hall–Kier alpha value is -1.99. The van der Waals surface area contributed by atoms with Crippen molar-refractivity contribution in [1.29, 1.82) is 0 Å². The molecule has 2 rings (SSSR count). The molecule has 1 atom stereocenters. The lowest BCUT2D eigenvalue weighted by atomic mass is 9.98. The number of benzene rings is 2. The van der Waals surface area contributed by atoms with E-state index >= 15 is 0 Å². The second-order valence-corrected chi connectivity index (χ2v) is 14.1. The number of carbonyl (C=O) groups excluding carboxylic acids is 1. The first-order valence-electron chi connectivity index (χ1n) is 11.0. The van der Waals surface area contributed by atoms with E-state index in [1.165, 1.54) is 0 Å². The average molecular weight is 444 g/mol. The van der Waals surface area contributed by atoms with Gasteiger partial charge in [0.15, 0.2) is 8.32 Å². The Bertz CT molecular complexity index is 751. The summed E-state index contributed by atoms with van der Waals surface area (Å²) in [6.45, 7) is 13.6. The zero-order chi connectivity index (χ0) is 22.9. The molecule has 1 N–H and O–H groups in total. The summed E-state index contributed by atoms with van der Waals surface area (Å²) in [5.74, 6) is -0.389. The first kappa shape index (κ1) is 25.3. The van der Waals surface area contributed by atoms with Crippen LogP contribution in [-0.2, 0) is 19.0 Å². The molecule has 0 radical (unpaired) electrons. The molecule has 0 fully saturated rings. The summed E-state index contributed by atoms with van der Waals surface area (Å²) in [4.78, 5) is 22.2. The summed E-state index contributed by atoms with van der Waals surface area (Å²) < 4.78 is 6.35. The van der Waals surface area contributed by atoms with Gasteiger partial charge in [-0.2, -0.15) is 4.89 Å². The van der Waals surface area contributed by atoms with Gasteiger partial charge in [-0.1, -0.05) is 88.4 Å². The minimum Gasteiger partial charge on any atom is -0.414 e. The Balaban J connectivity index is 2.14. The third-order valence-electron chi connectivity index (χ3n) is 5.82. The molecule has 0 saturated heterocycles. The van der Waals surface area contributed by atoms with Gasteiger partial charge >= 0.3 is 5.97 Å². The SMILES string of the molecule is CCC(=O)OOC(CNC(c1ccccc1)c1ccccc1)CO[Si](C)(C)C(C)(C)C. The summed E-state index contributed by atoms with van der Waals surface area (Å²) in [6, 6.07) is 20.5. The van der Waals surface area contributed by atoms with Crippen LogP contribution in [0.5, 0.6) is 0 Å². The van der Waals surface area contributed by atoms with E-state index in [2.05, 4.69) is 63.4 Å². The maximum absolute atomic E-state index is 11.7. The van der Waals surface area contributed by atoms with E-state index in [4.69, 9.17) is 14.2 Å². The Morgan fingerprint density at radius 1 is 0.968 bits per heavy atom. The second-order valence-electron chi connectivity index (χ2n) is 9.26. The lowest BCUT2D eigenvalue weighted by Gasteiger charge is -2.37. The molecule has 2 aromatic rings. The molecule has 0 aliphatic carbocycles. The minimum absolute atomic E-state index is 0.0109. The molecule has 1 unspecified atom stereocenters. The van der Waals surface area contributed by atoms with Crippen molar-refractivity contribution in [2.45, 2.75) is 64.4 Å². The van der Waals surface area contributed by atoms with Crippen molar-refractivity contribution in [2.75, 3.05) is 13.2 Å². The van der Waals surface area contributed by atoms with Crippen molar-refractivity contribution in [3.8, 4) is 0 Å². The number of carbonyl (C=O) groups is 1. The Morgan fingerprint density at radius 2 is 1.48 bits per heavy atom. The van der Waals surface area contributed by atoms with Gasteiger partial charge in [0, 0.05) is 13.0 Å². The van der Waals surface area contributed by atoms with Crippen molar-refractivity contribution in [3.63, 3.8) is 0 Å². The summed E-state index contributed by atoms with van der Waals surface area (Å²) in [5.41, 5.74) is 2.31. The molecule has 0 amide bonds. The van der Waals surface area contributed by atoms with Crippen LogP contribution in [0.25, 0.3) is 0 Å². The first-order chi connectivity index (χ1) is 14.6. The van der Waals surface area contributed by atoms with E-state index < -0.39 is 14.4 Å². The highest BCUT2D eigenvalue weighted by molar-refractivity contribution is 6.74. The molecule has 0 aromatic heterocycles. The van der Waals surface area contributed by atoms with Gasteiger partial charge in [0.1, 0.15) is 6.10 Å². The highest BCUT2D eigenvalue weighted by atomic mass is 28.4. The van der Waals surface area contributed by atoms with Gasteiger partial charge in [0.05, 0.1) is 12.6 Å². The molecule has 0 aliphatic rings. The van der Waals surface area contributed by atoms with E-state index in [1.807, 2.05) is 36.4 Å². The molecule has 0 saturated carbocycles. The smallest absolute Gasteiger partial charge is 0.342 e. The maximum Gasteiger partial charge on any atom is 0.342 e. The van der Waals surface area contributed by atoms with Crippen molar-refractivity contribution in [1.82, 2.24) is 5.32 Å². The van der Waals surface area contributed by atoms with Crippen LogP contribution >= 0.6 is 0 Å². The molecule has 0 bridgehead atoms. The van der Waals surface area contributed by atoms with Crippen molar-refractivity contribution in [2.24, 2.45) is 0 Å². The fourth-order valence-corrected chi connectivity index (χ4v) is 3.82. The van der Waals surface area contributed by atoms with Gasteiger partial charge in [0.2, 0.25) is 0 Å². The largest absolute Gasteiger partial charge is 0.414 e. The topological polar surface area (TPSA) is 56.8 Å². The van der Waals surface area contributed by atoms with E-state index in [0.717, 1.165) is 11.1 Å². The average Bonchev–Trinajstić information content (AvgIpc) is 2.75. The normalized spacial score (nSPS) is 13.3. The molecular formula is C25H37NO4Si. The van der Waals surface area contributed by atoms with Crippen LogP contribution in [-0.4, -0.2) is 33.5 Å². The van der Waals surface area contributed by atoms with Crippen LogP contribution < -0.4 is 5.32 Å². The molecule has 170 valence electrons. The van der Waals surface area contributed by atoms with Gasteiger partial charge in [-0.3, -0.25) is 4.89 Å². The highest BCUT2D eigenvalue weighted by Crippen LogP contribution is 2.36. The molecule has 0 heterocycles. The lowest BCUT2D eigenvalue weighted by molar-refractivity contribution is -0.300. The molecule has 2 aromatic carbocycles. The number of hydrogen-bond acceptors (Lipinski definition) is 5. The molecule has 5 nitrogen and oxygen atoms in total. The standard InChI is InChI=1S/C25H37NO4Si/c1-7-23(27)30-29-22(19-28-31(5,6)25(2,3)4)18-26-24(20-14-10-8-11-15-20)21-16-12-9-13-17-21/h8-17,22,24,26H,7,18-19H2,1-6H3. The Morgan fingerprint density at radius 3 is 1.94 bits per heavy atom. The third kappa shape index (κ3) is 7.89. The van der Waals surface area contributed by atoms with Crippen LogP contribution in [0.2, 0.25) is 18.1 Å². The lowest BCUT2D eigenvalue weighted by Crippen LogP contribution is -2.45. The second kappa shape index (κ2) is 11.6. The first-order valence-corrected chi connectivity index (χ1v) is 13.9. The van der Waals surface area contributed by atoms with Crippen molar-refractivity contribution < 1.29 is 19.0 Å². The summed E-state index contributed by atoms with van der Waals surface area (Å²) in [7, 11) is -1.96. The third-order valence-corrected chi connectivity index (χ3v) is 10.3. The van der Waals surface area contributed by atoms with Crippen LogP contribution in [0.4, 0.5) is 0 Å². The van der Waals surface area contributed by atoms with Crippen LogP contribution in [0.15, 0.2) is 60.7 Å². The van der Waals surface area contributed by atoms with Crippen LogP contribution in [0.1, 0.15) is 51.3 Å². The molecule has 0 aliphatic heterocycles. The van der Waals surface area contributed by atoms with Gasteiger partial charge in [-0.05, 0) is 29.3 Å². The fourth-order valence-electron chi connectivity index (χ4n) is 2.79. The van der Waals surface area contributed by atoms with E-state index in [0.29, 0.717) is 13.2 Å².